The van der Waals surface area contributed by atoms with Gasteiger partial charge in [-0.25, -0.2) is 0 Å². The molecule has 0 unspecified atom stereocenters. The van der Waals surface area contributed by atoms with E-state index in [0.29, 0.717) is 52.9 Å². The predicted molar refractivity (Wildman–Crippen MR) is 99.1 cm³/mol. The van der Waals surface area contributed by atoms with E-state index in [-0.39, 0.29) is 23.6 Å². The summed E-state index contributed by atoms with van der Waals surface area (Å²) in [5.41, 5.74) is 1.84. The van der Waals surface area contributed by atoms with Crippen LogP contribution in [-0.2, 0) is 4.74 Å². The molecular formula is C21H18IN2O5-. The number of halogens is 1. The van der Waals surface area contributed by atoms with Crippen molar-refractivity contribution in [2.45, 2.75) is 6.42 Å². The normalized spacial score (nSPS) is 15.4. The van der Waals surface area contributed by atoms with E-state index >= 15 is 0 Å². The van der Waals surface area contributed by atoms with Crippen molar-refractivity contribution in [2.24, 2.45) is 0 Å². The molecule has 4 amide bonds. The summed E-state index contributed by atoms with van der Waals surface area (Å²) < 4.78 is 7.57. The van der Waals surface area contributed by atoms with Gasteiger partial charge in [0.2, 0.25) is 0 Å². The van der Waals surface area contributed by atoms with Gasteiger partial charge in [-0.1, -0.05) is 0 Å². The average Bonchev–Trinajstić information content (AvgIpc) is 3.13. The van der Waals surface area contributed by atoms with Gasteiger partial charge < -0.3 is 0 Å². The van der Waals surface area contributed by atoms with E-state index in [2.05, 4.69) is 0 Å². The Balaban J connectivity index is 1.17. The molecule has 4 rings (SSSR count). The second-order valence-corrected chi connectivity index (χ2v) is 9.24. The molecule has 0 saturated carbocycles. The quantitative estimate of drug-likeness (QED) is 0.151. The van der Waals surface area contributed by atoms with Crippen molar-refractivity contribution in [2.75, 3.05) is 24.2 Å². The summed E-state index contributed by atoms with van der Waals surface area (Å²) in [5, 5.41) is 0. The molecule has 8 heteroatoms. The van der Waals surface area contributed by atoms with Gasteiger partial charge in [-0.05, 0) is 0 Å². The second kappa shape index (κ2) is 8.42. The molecule has 2 aromatic carbocycles. The van der Waals surface area contributed by atoms with Crippen LogP contribution in [0.3, 0.4) is 0 Å². The van der Waals surface area contributed by atoms with Crippen molar-refractivity contribution < 1.29 is 45.4 Å². The van der Waals surface area contributed by atoms with Gasteiger partial charge in [-0.15, -0.1) is 0 Å². The summed E-state index contributed by atoms with van der Waals surface area (Å²) in [5.74, 6) is -0.961. The molecule has 2 aliphatic heterocycles. The van der Waals surface area contributed by atoms with Crippen LogP contribution in [0.25, 0.3) is 0 Å². The van der Waals surface area contributed by atoms with Crippen LogP contribution >= 0.6 is 0 Å². The molecule has 150 valence electrons. The van der Waals surface area contributed by atoms with Gasteiger partial charge in [-0.2, -0.15) is 0 Å². The Kier molecular flexibility index (Phi) is 5.72. The van der Waals surface area contributed by atoms with Crippen molar-refractivity contribution in [3.05, 3.63) is 70.8 Å². The molecule has 0 radical (unpaired) electrons. The fraction of sp³-hybridized carbons (Fsp3) is 0.238. The number of ether oxygens (including phenoxy) is 1. The fourth-order valence-corrected chi connectivity index (χ4v) is 5.44. The first-order valence-corrected chi connectivity index (χ1v) is 11.7. The van der Waals surface area contributed by atoms with Crippen LogP contribution in [0.5, 0.6) is 0 Å². The molecule has 0 spiro atoms. The second-order valence-electron chi connectivity index (χ2n) is 6.52. The van der Waals surface area contributed by atoms with Gasteiger partial charge in [0.25, 0.3) is 0 Å². The van der Waals surface area contributed by atoms with Gasteiger partial charge in [0.1, 0.15) is 0 Å². The van der Waals surface area contributed by atoms with Crippen LogP contribution in [0, 0.1) is 0 Å². The number of hydrogen-bond donors (Lipinski definition) is 0. The summed E-state index contributed by atoms with van der Waals surface area (Å²) in [6.45, 7) is 1.14. The maximum absolute atomic E-state index is 12.3. The van der Waals surface area contributed by atoms with E-state index in [1.165, 1.54) is 8.01 Å². The zero-order chi connectivity index (χ0) is 20.4. The topological polar surface area (TPSA) is 84.0 Å². The van der Waals surface area contributed by atoms with Crippen LogP contribution < -0.4 is 21.5 Å². The minimum atomic E-state index is -0.795. The zero-order valence-corrected chi connectivity index (χ0v) is 17.6. The number of alkyl halides is 1. The number of amides is 4. The van der Waals surface area contributed by atoms with Crippen LogP contribution in [-0.4, -0.2) is 55.8 Å². The first kappa shape index (κ1) is 19.7. The molecule has 0 aliphatic carbocycles. The minimum absolute atomic E-state index is 0.218. The van der Waals surface area contributed by atoms with Crippen molar-refractivity contribution in [1.29, 1.82) is 0 Å². The summed E-state index contributed by atoms with van der Waals surface area (Å²) in [6, 6.07) is 13.7. The Morgan fingerprint density at radius 3 is 1.69 bits per heavy atom. The standard InChI is InChI=1S/C21H18IN2O5/c25-18-14-6-1-2-7-15(14)19(26)23(18)11-5-12-29-13-10-22-24-20(27)16-8-3-4-9-17(16)21(24)28/h1-4,6-9H,5,10-13H2/q-1. The number of fused-ring (bicyclic) bond motifs is 2. The predicted octanol–water partition coefficient (Wildman–Crippen LogP) is -1.01. The van der Waals surface area contributed by atoms with E-state index in [1.807, 2.05) is 0 Å². The average molecular weight is 505 g/mol. The molecule has 2 aliphatic rings. The molecule has 7 nitrogen and oxygen atoms in total. The molecule has 0 atom stereocenters. The van der Waals surface area contributed by atoms with Crippen LogP contribution in [0.4, 0.5) is 0 Å². The van der Waals surface area contributed by atoms with E-state index in [9.17, 15) is 19.2 Å². The van der Waals surface area contributed by atoms with Gasteiger partial charge in [0, 0.05) is 0 Å². The van der Waals surface area contributed by atoms with E-state index < -0.39 is 21.5 Å². The molecule has 0 N–H and O–H groups in total. The van der Waals surface area contributed by atoms with Gasteiger partial charge in [-0.3, -0.25) is 0 Å². The SMILES string of the molecule is O=C1c2ccccc2C(=O)N1CCCOCC[I-]N1C(=O)c2ccccc2C1=O. The fourth-order valence-electron chi connectivity index (χ4n) is 3.31. The van der Waals surface area contributed by atoms with Crippen LogP contribution in [0.2, 0.25) is 0 Å². The van der Waals surface area contributed by atoms with Crippen molar-refractivity contribution in [3.8, 4) is 0 Å². The summed E-state index contributed by atoms with van der Waals surface area (Å²) >= 11 is -0.795. The van der Waals surface area contributed by atoms with Gasteiger partial charge >= 0.3 is 178 Å². The van der Waals surface area contributed by atoms with E-state index in [0.717, 1.165) is 0 Å². The Bertz CT molecular complexity index is 857. The third-order valence-corrected chi connectivity index (χ3v) is 7.20. The number of hydrogen-bond acceptors (Lipinski definition) is 5. The number of nitrogens with zero attached hydrogens (tertiary/aromatic N) is 2. The molecule has 0 saturated heterocycles. The Morgan fingerprint density at radius 2 is 1.17 bits per heavy atom. The first-order valence-electron chi connectivity index (χ1n) is 9.20. The number of carbonyl (C=O) groups is 4. The molecule has 0 aromatic heterocycles. The molecule has 29 heavy (non-hydrogen) atoms. The van der Waals surface area contributed by atoms with E-state index in [1.54, 1.807) is 48.5 Å². The monoisotopic (exact) mass is 505 g/mol. The Labute approximate surface area is 178 Å². The third kappa shape index (κ3) is 3.69. The number of carbonyl (C=O) groups excluding carboxylic acids is 4. The Hall–Kier alpha value is -2.59. The molecular weight excluding hydrogens is 487 g/mol. The number of rotatable bonds is 8. The van der Waals surface area contributed by atoms with Crippen molar-refractivity contribution in [3.63, 3.8) is 0 Å². The maximum atomic E-state index is 12.3. The molecule has 0 bridgehead atoms. The molecule has 2 heterocycles. The summed E-state index contributed by atoms with van der Waals surface area (Å²) in [7, 11) is 0. The zero-order valence-electron chi connectivity index (χ0n) is 15.5. The molecule has 0 fully saturated rings. The molecule has 2 aromatic rings. The summed E-state index contributed by atoms with van der Waals surface area (Å²) in [6.07, 6.45) is 0.538. The summed E-state index contributed by atoms with van der Waals surface area (Å²) in [4.78, 5) is 50.4. The van der Waals surface area contributed by atoms with E-state index in [4.69, 9.17) is 4.74 Å². The van der Waals surface area contributed by atoms with Crippen LogP contribution in [0.15, 0.2) is 48.5 Å². The number of benzene rings is 2. The van der Waals surface area contributed by atoms with Crippen molar-refractivity contribution in [1.82, 2.24) is 8.01 Å². The van der Waals surface area contributed by atoms with Crippen molar-refractivity contribution >= 4 is 23.6 Å². The van der Waals surface area contributed by atoms with Gasteiger partial charge in [0.15, 0.2) is 0 Å². The Morgan fingerprint density at radius 1 is 0.690 bits per heavy atom. The first-order chi connectivity index (χ1) is 14.1. The third-order valence-electron chi connectivity index (χ3n) is 4.72. The van der Waals surface area contributed by atoms with Gasteiger partial charge in [0.05, 0.1) is 0 Å². The number of imide groups is 2. The van der Waals surface area contributed by atoms with Crippen LogP contribution in [0.1, 0.15) is 47.9 Å².